The Morgan fingerprint density at radius 2 is 2.20 bits per heavy atom. The van der Waals surface area contributed by atoms with Gasteiger partial charge in [-0.3, -0.25) is 0 Å². The van der Waals surface area contributed by atoms with E-state index in [1.807, 2.05) is 0 Å². The minimum absolute atomic E-state index is 0.222. The van der Waals surface area contributed by atoms with E-state index in [2.05, 4.69) is 17.9 Å². The topological polar surface area (TPSA) is 21.3 Å². The van der Waals surface area contributed by atoms with Crippen molar-refractivity contribution in [3.63, 3.8) is 0 Å². The zero-order chi connectivity index (χ0) is 11.1. The number of benzene rings is 1. The van der Waals surface area contributed by atoms with Crippen LogP contribution in [0, 0.1) is 5.82 Å². The monoisotopic (exact) mass is 229 g/mol. The number of rotatable bonds is 6. The quantitative estimate of drug-likeness (QED) is 0.574. The van der Waals surface area contributed by atoms with E-state index in [0.29, 0.717) is 0 Å². The lowest BCUT2D eigenvalue weighted by Gasteiger charge is -2.08. The van der Waals surface area contributed by atoms with Crippen LogP contribution < -0.4 is 10.1 Å². The van der Waals surface area contributed by atoms with Gasteiger partial charge in [-0.2, -0.15) is 12.6 Å². The second-order valence-corrected chi connectivity index (χ2v) is 3.63. The van der Waals surface area contributed by atoms with Crippen LogP contribution in [0.3, 0.4) is 0 Å². The third kappa shape index (κ3) is 4.10. The molecule has 0 heterocycles. The SMILES string of the molecule is COc1ccc(F)cc1CCNCCS. The zero-order valence-electron chi connectivity index (χ0n) is 8.79. The number of thiol groups is 1. The average molecular weight is 229 g/mol. The predicted octanol–water partition coefficient (Wildman–Crippen LogP) is 1.90. The third-order valence-electron chi connectivity index (χ3n) is 2.10. The molecule has 1 N–H and O–H groups in total. The van der Waals surface area contributed by atoms with Gasteiger partial charge in [0.15, 0.2) is 0 Å². The van der Waals surface area contributed by atoms with Gasteiger partial charge in [-0.25, -0.2) is 4.39 Å². The summed E-state index contributed by atoms with van der Waals surface area (Å²) < 4.78 is 18.1. The zero-order valence-corrected chi connectivity index (χ0v) is 9.69. The van der Waals surface area contributed by atoms with Crippen molar-refractivity contribution >= 4 is 12.6 Å². The number of methoxy groups -OCH3 is 1. The van der Waals surface area contributed by atoms with E-state index in [-0.39, 0.29) is 5.82 Å². The fourth-order valence-corrected chi connectivity index (χ4v) is 1.53. The highest BCUT2D eigenvalue weighted by Crippen LogP contribution is 2.19. The van der Waals surface area contributed by atoms with Crippen molar-refractivity contribution in [3.8, 4) is 5.75 Å². The number of nitrogens with one attached hydrogen (secondary N) is 1. The van der Waals surface area contributed by atoms with E-state index in [1.165, 1.54) is 12.1 Å². The van der Waals surface area contributed by atoms with Crippen LogP contribution in [-0.4, -0.2) is 26.0 Å². The summed E-state index contributed by atoms with van der Waals surface area (Å²) in [5.74, 6) is 1.32. The van der Waals surface area contributed by atoms with Gasteiger partial charge < -0.3 is 10.1 Å². The molecule has 0 saturated heterocycles. The van der Waals surface area contributed by atoms with E-state index in [1.54, 1.807) is 13.2 Å². The molecule has 1 aromatic carbocycles. The Kier molecular flexibility index (Phi) is 5.50. The van der Waals surface area contributed by atoms with Crippen LogP contribution in [0.1, 0.15) is 5.56 Å². The number of ether oxygens (including phenoxy) is 1. The van der Waals surface area contributed by atoms with Crippen LogP contribution in [0.5, 0.6) is 5.75 Å². The van der Waals surface area contributed by atoms with Gasteiger partial charge in [0.05, 0.1) is 7.11 Å². The molecule has 0 fully saturated rings. The van der Waals surface area contributed by atoms with Crippen LogP contribution in [0.4, 0.5) is 4.39 Å². The molecule has 0 bridgehead atoms. The number of hydrogen-bond acceptors (Lipinski definition) is 3. The molecule has 2 nitrogen and oxygen atoms in total. The molecule has 1 aromatic rings. The largest absolute Gasteiger partial charge is 0.496 e. The summed E-state index contributed by atoms with van der Waals surface area (Å²) in [5.41, 5.74) is 0.893. The van der Waals surface area contributed by atoms with Crippen molar-refractivity contribution in [1.82, 2.24) is 5.32 Å². The van der Waals surface area contributed by atoms with Crippen molar-refractivity contribution < 1.29 is 9.13 Å². The summed E-state index contributed by atoms with van der Waals surface area (Å²) in [5, 5.41) is 3.20. The van der Waals surface area contributed by atoms with Gasteiger partial charge in [0, 0.05) is 12.3 Å². The van der Waals surface area contributed by atoms with Gasteiger partial charge in [-0.15, -0.1) is 0 Å². The molecular formula is C11H16FNOS. The number of halogens is 1. The first-order valence-corrected chi connectivity index (χ1v) is 5.55. The lowest BCUT2D eigenvalue weighted by atomic mass is 10.1. The molecular weight excluding hydrogens is 213 g/mol. The molecule has 0 spiro atoms. The molecule has 0 radical (unpaired) electrons. The van der Waals surface area contributed by atoms with Gasteiger partial charge >= 0.3 is 0 Å². The highest BCUT2D eigenvalue weighted by molar-refractivity contribution is 7.80. The molecule has 0 amide bonds. The molecule has 84 valence electrons. The average Bonchev–Trinajstić information content (AvgIpc) is 2.25. The molecule has 4 heteroatoms. The Morgan fingerprint density at radius 3 is 2.87 bits per heavy atom. The van der Waals surface area contributed by atoms with Crippen molar-refractivity contribution in [3.05, 3.63) is 29.6 Å². The smallest absolute Gasteiger partial charge is 0.123 e. The molecule has 0 unspecified atom stereocenters. The summed E-state index contributed by atoms with van der Waals surface area (Å²) >= 11 is 4.09. The fourth-order valence-electron chi connectivity index (χ4n) is 1.37. The highest BCUT2D eigenvalue weighted by atomic mass is 32.1. The Labute approximate surface area is 95.2 Å². The van der Waals surface area contributed by atoms with Crippen LogP contribution in [-0.2, 0) is 6.42 Å². The normalized spacial score (nSPS) is 10.3. The second kappa shape index (κ2) is 6.69. The van der Waals surface area contributed by atoms with E-state index in [0.717, 1.165) is 36.6 Å². The standard InChI is InChI=1S/C11H16FNOS/c1-14-11-3-2-10(12)8-9(11)4-5-13-6-7-15/h2-3,8,13,15H,4-7H2,1H3. The van der Waals surface area contributed by atoms with Gasteiger partial charge in [0.2, 0.25) is 0 Å². The molecule has 0 aromatic heterocycles. The third-order valence-corrected chi connectivity index (χ3v) is 2.33. The Morgan fingerprint density at radius 1 is 1.40 bits per heavy atom. The van der Waals surface area contributed by atoms with Crippen LogP contribution in [0.25, 0.3) is 0 Å². The first kappa shape index (κ1) is 12.3. The molecule has 0 aliphatic rings. The van der Waals surface area contributed by atoms with Crippen LogP contribution in [0.2, 0.25) is 0 Å². The minimum Gasteiger partial charge on any atom is -0.496 e. The minimum atomic E-state index is -0.222. The summed E-state index contributed by atoms with van der Waals surface area (Å²) in [6, 6.07) is 4.58. The fraction of sp³-hybridized carbons (Fsp3) is 0.455. The summed E-state index contributed by atoms with van der Waals surface area (Å²) in [6.07, 6.45) is 0.759. The summed E-state index contributed by atoms with van der Waals surface area (Å²) in [6.45, 7) is 1.67. The highest BCUT2D eigenvalue weighted by Gasteiger charge is 2.03. The molecule has 0 saturated carbocycles. The van der Waals surface area contributed by atoms with Crippen molar-refractivity contribution in [2.75, 3.05) is 26.0 Å². The van der Waals surface area contributed by atoms with E-state index in [9.17, 15) is 4.39 Å². The predicted molar refractivity (Wildman–Crippen MR) is 63.4 cm³/mol. The molecule has 0 aliphatic heterocycles. The lowest BCUT2D eigenvalue weighted by molar-refractivity contribution is 0.408. The van der Waals surface area contributed by atoms with E-state index < -0.39 is 0 Å². The summed E-state index contributed by atoms with van der Waals surface area (Å²) in [7, 11) is 1.60. The van der Waals surface area contributed by atoms with Gasteiger partial charge in [0.1, 0.15) is 11.6 Å². The molecule has 15 heavy (non-hydrogen) atoms. The summed E-state index contributed by atoms with van der Waals surface area (Å²) in [4.78, 5) is 0. The van der Waals surface area contributed by atoms with E-state index >= 15 is 0 Å². The van der Waals surface area contributed by atoms with Crippen LogP contribution in [0.15, 0.2) is 18.2 Å². The molecule has 0 atom stereocenters. The number of hydrogen-bond donors (Lipinski definition) is 2. The first-order valence-electron chi connectivity index (χ1n) is 4.92. The maximum atomic E-state index is 13.0. The van der Waals surface area contributed by atoms with Crippen molar-refractivity contribution in [1.29, 1.82) is 0 Å². The molecule has 1 rings (SSSR count). The molecule has 0 aliphatic carbocycles. The Bertz CT molecular complexity index is 307. The van der Waals surface area contributed by atoms with Gasteiger partial charge in [-0.05, 0) is 36.7 Å². The maximum absolute atomic E-state index is 13.0. The van der Waals surface area contributed by atoms with Crippen molar-refractivity contribution in [2.45, 2.75) is 6.42 Å². The Balaban J connectivity index is 2.54. The Hall–Kier alpha value is -0.740. The van der Waals surface area contributed by atoms with Gasteiger partial charge in [0.25, 0.3) is 0 Å². The second-order valence-electron chi connectivity index (χ2n) is 3.18. The lowest BCUT2D eigenvalue weighted by Crippen LogP contribution is -2.19. The van der Waals surface area contributed by atoms with Crippen LogP contribution >= 0.6 is 12.6 Å². The van der Waals surface area contributed by atoms with Crippen molar-refractivity contribution in [2.24, 2.45) is 0 Å². The maximum Gasteiger partial charge on any atom is 0.123 e. The van der Waals surface area contributed by atoms with E-state index in [4.69, 9.17) is 4.74 Å². The first-order chi connectivity index (χ1) is 7.27. The van der Waals surface area contributed by atoms with Gasteiger partial charge in [-0.1, -0.05) is 0 Å².